The first-order valence-electron chi connectivity index (χ1n) is 11.1. The van der Waals surface area contributed by atoms with E-state index in [2.05, 4.69) is 10.3 Å². The van der Waals surface area contributed by atoms with Gasteiger partial charge in [-0.05, 0) is 43.7 Å². The first-order chi connectivity index (χ1) is 16.7. The van der Waals surface area contributed by atoms with Crippen LogP contribution in [-0.4, -0.2) is 32.8 Å². The molecule has 2 unspecified atom stereocenters. The van der Waals surface area contributed by atoms with Gasteiger partial charge in [-0.1, -0.05) is 18.2 Å². The fraction of sp³-hybridized carbons (Fsp3) is 0.269. The zero-order valence-electron chi connectivity index (χ0n) is 19.9. The molecule has 3 N–H and O–H groups in total. The Bertz CT molecular complexity index is 1460. The number of aromatic nitrogens is 2. The van der Waals surface area contributed by atoms with Gasteiger partial charge in [0, 0.05) is 19.5 Å². The number of nitrogens with one attached hydrogen (secondary N) is 1. The summed E-state index contributed by atoms with van der Waals surface area (Å²) in [5, 5.41) is 23.5. The van der Waals surface area contributed by atoms with E-state index in [0.29, 0.717) is 17.1 Å². The molecular weight excluding hydrogens is 450 g/mol. The summed E-state index contributed by atoms with van der Waals surface area (Å²) in [5.74, 6) is -0.660. The highest BCUT2D eigenvalue weighted by atomic mass is 16.5. The fourth-order valence-corrected chi connectivity index (χ4v) is 4.24. The van der Waals surface area contributed by atoms with Crippen LogP contribution in [0.2, 0.25) is 0 Å². The number of para-hydroxylation sites is 2. The molecule has 9 heteroatoms. The van der Waals surface area contributed by atoms with Gasteiger partial charge in [-0.25, -0.2) is 4.98 Å². The number of aryl methyl sites for hydroxylation is 2. The van der Waals surface area contributed by atoms with Crippen LogP contribution in [0.25, 0.3) is 11.0 Å². The predicted molar refractivity (Wildman–Crippen MR) is 130 cm³/mol. The number of nitrogens with zero attached hydrogens (tertiary/aromatic N) is 2. The van der Waals surface area contributed by atoms with Crippen molar-refractivity contribution in [1.82, 2.24) is 14.9 Å². The van der Waals surface area contributed by atoms with Crippen molar-refractivity contribution in [2.45, 2.75) is 32.2 Å². The Kier molecular flexibility index (Phi) is 6.50. The van der Waals surface area contributed by atoms with Crippen LogP contribution in [0.4, 0.5) is 0 Å². The van der Waals surface area contributed by atoms with Crippen LogP contribution < -0.4 is 15.5 Å². The molecule has 0 saturated heterocycles. The van der Waals surface area contributed by atoms with Gasteiger partial charge in [0.2, 0.25) is 17.1 Å². The quantitative estimate of drug-likeness (QED) is 0.371. The Hall–Kier alpha value is -4.27. The normalized spacial score (nSPS) is 12.9. The largest absolute Gasteiger partial charge is 0.504 e. The number of benzene rings is 2. The van der Waals surface area contributed by atoms with Crippen LogP contribution in [0.15, 0.2) is 57.7 Å². The maximum Gasteiger partial charge on any atom is 0.227 e. The maximum atomic E-state index is 13.2. The first kappa shape index (κ1) is 23.9. The molecule has 9 nitrogen and oxygen atoms in total. The first-order valence-corrected chi connectivity index (χ1v) is 11.1. The van der Waals surface area contributed by atoms with Crippen molar-refractivity contribution >= 4 is 16.9 Å². The molecule has 0 radical (unpaired) electrons. The number of hydrogen-bond donors (Lipinski definition) is 3. The van der Waals surface area contributed by atoms with E-state index in [1.54, 1.807) is 19.1 Å². The number of ether oxygens (including phenoxy) is 1. The average molecular weight is 478 g/mol. The monoisotopic (exact) mass is 477 g/mol. The zero-order valence-corrected chi connectivity index (χ0v) is 19.9. The number of phenols is 1. The van der Waals surface area contributed by atoms with Gasteiger partial charge in [0.25, 0.3) is 0 Å². The van der Waals surface area contributed by atoms with E-state index >= 15 is 0 Å². The second kappa shape index (κ2) is 9.54. The Balaban J connectivity index is 1.67. The van der Waals surface area contributed by atoms with E-state index in [9.17, 15) is 19.8 Å². The lowest BCUT2D eigenvalue weighted by Crippen LogP contribution is -2.30. The van der Waals surface area contributed by atoms with E-state index in [1.165, 1.54) is 19.2 Å². The summed E-state index contributed by atoms with van der Waals surface area (Å²) >= 11 is 0. The summed E-state index contributed by atoms with van der Waals surface area (Å²) in [6.45, 7) is 3.43. The van der Waals surface area contributed by atoms with Crippen molar-refractivity contribution in [2.75, 3.05) is 7.11 Å². The molecule has 0 aliphatic heterocycles. The fourth-order valence-electron chi connectivity index (χ4n) is 4.24. The molecule has 4 aromatic rings. The molecule has 2 aromatic heterocycles. The number of amides is 1. The van der Waals surface area contributed by atoms with Crippen LogP contribution in [0.5, 0.6) is 17.2 Å². The number of methoxy groups -OCH3 is 1. The molecule has 0 saturated carbocycles. The van der Waals surface area contributed by atoms with Crippen molar-refractivity contribution in [3.8, 4) is 17.2 Å². The standard InChI is InChI=1S/C26H27N3O6/c1-14-11-21(31)24(33)25(35-14)17(16-9-10-20(30)22(12-16)34-4)13-23(32)27-15(2)26-28-18-7-5-6-8-19(18)29(26)3/h5-12,15,17,30,33H,13H2,1-4H3,(H,27,32). The molecule has 0 bridgehead atoms. The molecule has 0 aliphatic carbocycles. The number of aromatic hydroxyl groups is 2. The molecule has 2 heterocycles. The van der Waals surface area contributed by atoms with E-state index < -0.39 is 23.1 Å². The van der Waals surface area contributed by atoms with E-state index in [4.69, 9.17) is 9.15 Å². The number of carbonyl (C=O) groups is 1. The molecule has 0 fully saturated rings. The molecular formula is C26H27N3O6. The second-order valence-corrected chi connectivity index (χ2v) is 8.43. The van der Waals surface area contributed by atoms with Crippen molar-refractivity contribution in [3.63, 3.8) is 0 Å². The van der Waals surface area contributed by atoms with E-state index in [1.807, 2.05) is 42.8 Å². The smallest absolute Gasteiger partial charge is 0.227 e. The number of rotatable bonds is 7. The lowest BCUT2D eigenvalue weighted by Gasteiger charge is -2.20. The number of fused-ring (bicyclic) bond motifs is 1. The summed E-state index contributed by atoms with van der Waals surface area (Å²) in [6.07, 6.45) is -0.137. The highest BCUT2D eigenvalue weighted by Crippen LogP contribution is 2.37. The minimum Gasteiger partial charge on any atom is -0.504 e. The highest BCUT2D eigenvalue weighted by Gasteiger charge is 2.28. The van der Waals surface area contributed by atoms with Crippen molar-refractivity contribution in [2.24, 2.45) is 7.05 Å². The SMILES string of the molecule is COc1cc(C(CC(=O)NC(C)c2nc3ccccc3n2C)c2oc(C)cc(=O)c2O)ccc1O. The molecule has 2 atom stereocenters. The van der Waals surface area contributed by atoms with Crippen LogP contribution in [0.3, 0.4) is 0 Å². The minimum absolute atomic E-state index is 0.0340. The average Bonchev–Trinajstić information content (AvgIpc) is 3.17. The van der Waals surface area contributed by atoms with Crippen LogP contribution in [-0.2, 0) is 11.8 Å². The molecule has 2 aromatic carbocycles. The van der Waals surface area contributed by atoms with Gasteiger partial charge in [0.1, 0.15) is 11.6 Å². The Morgan fingerprint density at radius 2 is 1.94 bits per heavy atom. The van der Waals surface area contributed by atoms with Gasteiger partial charge in [-0.15, -0.1) is 0 Å². The van der Waals surface area contributed by atoms with Crippen molar-refractivity contribution in [1.29, 1.82) is 0 Å². The summed E-state index contributed by atoms with van der Waals surface area (Å²) in [7, 11) is 3.29. The van der Waals surface area contributed by atoms with Gasteiger partial charge >= 0.3 is 0 Å². The van der Waals surface area contributed by atoms with E-state index in [0.717, 1.165) is 11.0 Å². The number of carbonyl (C=O) groups excluding carboxylic acids is 1. The molecule has 0 spiro atoms. The number of hydrogen-bond acceptors (Lipinski definition) is 7. The summed E-state index contributed by atoms with van der Waals surface area (Å²) in [6, 6.07) is 13.0. The molecule has 1 amide bonds. The molecule has 4 rings (SSSR count). The Morgan fingerprint density at radius 3 is 2.66 bits per heavy atom. The van der Waals surface area contributed by atoms with Crippen molar-refractivity contribution < 1.29 is 24.2 Å². The maximum absolute atomic E-state index is 13.2. The van der Waals surface area contributed by atoms with Gasteiger partial charge in [-0.3, -0.25) is 9.59 Å². The number of phenolic OH excluding ortho intramolecular Hbond substituents is 1. The summed E-state index contributed by atoms with van der Waals surface area (Å²) in [4.78, 5) is 30.1. The molecule has 35 heavy (non-hydrogen) atoms. The van der Waals surface area contributed by atoms with Crippen LogP contribution >= 0.6 is 0 Å². The number of imidazole rings is 1. The Labute approximate surface area is 201 Å². The molecule has 182 valence electrons. The van der Waals surface area contributed by atoms with E-state index in [-0.39, 0.29) is 29.6 Å². The van der Waals surface area contributed by atoms with Crippen LogP contribution in [0.1, 0.15) is 48.2 Å². The van der Waals surface area contributed by atoms with Crippen LogP contribution in [0, 0.1) is 6.92 Å². The van der Waals surface area contributed by atoms with Gasteiger partial charge in [0.15, 0.2) is 17.3 Å². The van der Waals surface area contributed by atoms with Gasteiger partial charge in [-0.2, -0.15) is 0 Å². The summed E-state index contributed by atoms with van der Waals surface area (Å²) in [5.41, 5.74) is 1.69. The van der Waals surface area contributed by atoms with Gasteiger partial charge in [0.05, 0.1) is 30.1 Å². The topological polar surface area (TPSA) is 127 Å². The third-order valence-corrected chi connectivity index (χ3v) is 5.97. The Morgan fingerprint density at radius 1 is 1.20 bits per heavy atom. The third-order valence-electron chi connectivity index (χ3n) is 5.97. The summed E-state index contributed by atoms with van der Waals surface area (Å²) < 4.78 is 12.8. The minimum atomic E-state index is -0.815. The lowest BCUT2D eigenvalue weighted by atomic mass is 9.91. The molecule has 0 aliphatic rings. The second-order valence-electron chi connectivity index (χ2n) is 8.43. The third kappa shape index (κ3) is 4.70. The lowest BCUT2D eigenvalue weighted by molar-refractivity contribution is -0.122. The predicted octanol–water partition coefficient (Wildman–Crippen LogP) is 3.65. The zero-order chi connectivity index (χ0) is 25.3. The van der Waals surface area contributed by atoms with Crippen molar-refractivity contribution in [3.05, 3.63) is 81.7 Å². The highest BCUT2D eigenvalue weighted by molar-refractivity contribution is 5.79. The van der Waals surface area contributed by atoms with Gasteiger partial charge < -0.3 is 29.3 Å².